The second-order valence-electron chi connectivity index (χ2n) is 6.59. The lowest BCUT2D eigenvalue weighted by molar-refractivity contribution is -0.113. The number of rotatable bonds is 8. The second-order valence-corrected chi connectivity index (χ2v) is 8.56. The van der Waals surface area contributed by atoms with Crippen LogP contribution in [0.1, 0.15) is 20.8 Å². The van der Waals surface area contributed by atoms with E-state index < -0.39 is 11.5 Å². The number of fused-ring (bicyclic) bond motifs is 1. The van der Waals surface area contributed by atoms with Crippen molar-refractivity contribution >= 4 is 50.9 Å². The quantitative estimate of drug-likeness (QED) is 0.153. The number of aromatic amines is 1. The van der Waals surface area contributed by atoms with Crippen LogP contribution in [0.2, 0.25) is 0 Å². The highest BCUT2D eigenvalue weighted by Crippen LogP contribution is 2.29. The van der Waals surface area contributed by atoms with Crippen LogP contribution < -0.4 is 10.9 Å². The Labute approximate surface area is 185 Å². The van der Waals surface area contributed by atoms with Gasteiger partial charge in [-0.05, 0) is 37.1 Å². The molecule has 0 fully saturated rings. The normalized spacial score (nSPS) is 10.9. The van der Waals surface area contributed by atoms with Gasteiger partial charge in [-0.1, -0.05) is 17.8 Å². The largest absolute Gasteiger partial charge is 0.506 e. The van der Waals surface area contributed by atoms with E-state index >= 15 is 0 Å². The summed E-state index contributed by atoms with van der Waals surface area (Å²) in [7, 11) is 1.51. The fourth-order valence-electron chi connectivity index (χ4n) is 2.74. The summed E-state index contributed by atoms with van der Waals surface area (Å²) < 4.78 is 9.99. The van der Waals surface area contributed by atoms with Crippen molar-refractivity contribution in [3.63, 3.8) is 0 Å². The molecule has 0 saturated carbocycles. The maximum absolute atomic E-state index is 12.5. The molecule has 0 bridgehead atoms. The standard InChI is InChI=1S/C20H21N3O6S2/c1-10-4-5-13(24)12(8-10)21-14(25)9-30-20-22-17(26)15-11(2)16(31-18(15)23-20)19(27)29-7-6-28-3/h4-5,8,24H,6-7,9H2,1-3H3,(H,21,25)(H,22,23,26). The third-order valence-corrected chi connectivity index (χ3v) is 6.29. The van der Waals surface area contributed by atoms with Gasteiger partial charge in [0.15, 0.2) is 5.16 Å². The minimum absolute atomic E-state index is 0.0297. The summed E-state index contributed by atoms with van der Waals surface area (Å²) in [6.45, 7) is 3.90. The minimum atomic E-state index is -0.538. The molecule has 0 unspecified atom stereocenters. The maximum atomic E-state index is 12.5. The summed E-state index contributed by atoms with van der Waals surface area (Å²) in [5.74, 6) is -0.962. The number of esters is 1. The Morgan fingerprint density at radius 3 is 2.81 bits per heavy atom. The number of H-pyrrole nitrogens is 1. The molecule has 9 nitrogen and oxygen atoms in total. The van der Waals surface area contributed by atoms with E-state index in [1.807, 2.05) is 6.92 Å². The van der Waals surface area contributed by atoms with Gasteiger partial charge in [0.2, 0.25) is 5.91 Å². The molecule has 0 spiro atoms. The molecule has 31 heavy (non-hydrogen) atoms. The monoisotopic (exact) mass is 463 g/mol. The van der Waals surface area contributed by atoms with Gasteiger partial charge in [0.1, 0.15) is 22.1 Å². The lowest BCUT2D eigenvalue weighted by atomic mass is 10.2. The van der Waals surface area contributed by atoms with E-state index in [0.717, 1.165) is 28.7 Å². The summed E-state index contributed by atoms with van der Waals surface area (Å²) in [5, 5.41) is 13.0. The SMILES string of the molecule is COCCOC(=O)c1sc2nc(SCC(=O)Nc3cc(C)ccc3O)[nH]c(=O)c2c1C. The Balaban J connectivity index is 1.73. The number of nitrogens with zero attached hydrogens (tertiary/aromatic N) is 1. The number of hydrogen-bond acceptors (Lipinski definition) is 9. The zero-order valence-corrected chi connectivity index (χ0v) is 18.7. The lowest BCUT2D eigenvalue weighted by Gasteiger charge is -2.08. The van der Waals surface area contributed by atoms with E-state index in [4.69, 9.17) is 9.47 Å². The van der Waals surface area contributed by atoms with Crippen molar-refractivity contribution in [2.45, 2.75) is 19.0 Å². The van der Waals surface area contributed by atoms with Crippen molar-refractivity contribution in [1.29, 1.82) is 0 Å². The molecular weight excluding hydrogens is 442 g/mol. The summed E-state index contributed by atoms with van der Waals surface area (Å²) in [6, 6.07) is 4.89. The molecule has 1 aromatic carbocycles. The van der Waals surface area contributed by atoms with Crippen LogP contribution in [-0.2, 0) is 14.3 Å². The number of thiophene rings is 1. The number of anilines is 1. The number of amides is 1. The van der Waals surface area contributed by atoms with Gasteiger partial charge in [-0.2, -0.15) is 0 Å². The Morgan fingerprint density at radius 1 is 1.29 bits per heavy atom. The zero-order valence-electron chi connectivity index (χ0n) is 17.1. The average molecular weight is 464 g/mol. The van der Waals surface area contributed by atoms with Crippen LogP contribution in [0.5, 0.6) is 5.75 Å². The topological polar surface area (TPSA) is 131 Å². The molecule has 11 heteroatoms. The van der Waals surface area contributed by atoms with Gasteiger partial charge >= 0.3 is 5.97 Å². The first kappa shape index (κ1) is 22.8. The van der Waals surface area contributed by atoms with E-state index in [1.54, 1.807) is 19.1 Å². The zero-order chi connectivity index (χ0) is 22.5. The Hall–Kier alpha value is -2.89. The Morgan fingerprint density at radius 2 is 2.06 bits per heavy atom. The number of aromatic nitrogens is 2. The first-order valence-corrected chi connectivity index (χ1v) is 11.0. The van der Waals surface area contributed by atoms with Crippen molar-refractivity contribution < 1.29 is 24.2 Å². The van der Waals surface area contributed by atoms with Crippen LogP contribution in [0.25, 0.3) is 10.2 Å². The molecule has 0 aliphatic rings. The van der Waals surface area contributed by atoms with Crippen molar-refractivity contribution in [3.8, 4) is 5.75 Å². The fourth-order valence-corrected chi connectivity index (χ4v) is 4.53. The molecule has 0 radical (unpaired) electrons. The first-order chi connectivity index (χ1) is 14.8. The van der Waals surface area contributed by atoms with Gasteiger partial charge in [0, 0.05) is 7.11 Å². The van der Waals surface area contributed by atoms with Crippen molar-refractivity contribution in [2.75, 3.05) is 31.4 Å². The van der Waals surface area contributed by atoms with E-state index in [-0.39, 0.29) is 35.8 Å². The van der Waals surface area contributed by atoms with Gasteiger partial charge in [-0.3, -0.25) is 9.59 Å². The smallest absolute Gasteiger partial charge is 0.348 e. The predicted octanol–water partition coefficient (Wildman–Crippen LogP) is 2.84. The van der Waals surface area contributed by atoms with Gasteiger partial charge in [0.25, 0.3) is 5.56 Å². The number of benzene rings is 1. The molecule has 3 aromatic rings. The molecule has 164 valence electrons. The van der Waals surface area contributed by atoms with Crippen LogP contribution in [0.15, 0.2) is 28.2 Å². The lowest BCUT2D eigenvalue weighted by Crippen LogP contribution is -2.15. The van der Waals surface area contributed by atoms with E-state index in [2.05, 4.69) is 15.3 Å². The summed E-state index contributed by atoms with van der Waals surface area (Å²) >= 11 is 2.11. The molecule has 2 aromatic heterocycles. The van der Waals surface area contributed by atoms with E-state index in [9.17, 15) is 19.5 Å². The number of ether oxygens (including phenoxy) is 2. The number of nitrogens with one attached hydrogen (secondary N) is 2. The molecule has 0 aliphatic carbocycles. The molecule has 0 saturated heterocycles. The van der Waals surface area contributed by atoms with Gasteiger partial charge < -0.3 is 24.9 Å². The van der Waals surface area contributed by atoms with E-state index in [1.165, 1.54) is 13.2 Å². The number of aromatic hydroxyl groups is 1. The van der Waals surface area contributed by atoms with Crippen LogP contribution in [-0.4, -0.2) is 53.0 Å². The highest BCUT2D eigenvalue weighted by atomic mass is 32.2. The molecule has 0 aliphatic heterocycles. The maximum Gasteiger partial charge on any atom is 0.348 e. The third-order valence-electron chi connectivity index (χ3n) is 4.25. The Kier molecular flexibility index (Phi) is 7.31. The highest BCUT2D eigenvalue weighted by Gasteiger charge is 2.21. The molecule has 0 atom stereocenters. The van der Waals surface area contributed by atoms with Gasteiger partial charge in [-0.25, -0.2) is 9.78 Å². The van der Waals surface area contributed by atoms with Crippen molar-refractivity contribution in [2.24, 2.45) is 0 Å². The summed E-state index contributed by atoms with van der Waals surface area (Å²) in [5.41, 5.74) is 1.31. The van der Waals surface area contributed by atoms with E-state index in [0.29, 0.717) is 26.3 Å². The number of phenols is 1. The van der Waals surface area contributed by atoms with Crippen molar-refractivity contribution in [3.05, 3.63) is 44.6 Å². The Bertz CT molecular complexity index is 1190. The number of carbonyl (C=O) groups excluding carboxylic acids is 2. The van der Waals surface area contributed by atoms with Crippen molar-refractivity contribution in [1.82, 2.24) is 9.97 Å². The number of carbonyl (C=O) groups is 2. The predicted molar refractivity (Wildman–Crippen MR) is 119 cm³/mol. The molecule has 2 heterocycles. The van der Waals surface area contributed by atoms with Crippen LogP contribution in [0.4, 0.5) is 5.69 Å². The van der Waals surface area contributed by atoms with Gasteiger partial charge in [0.05, 0.1) is 23.4 Å². The summed E-state index contributed by atoms with van der Waals surface area (Å²) in [6.07, 6.45) is 0. The number of phenolic OH excluding ortho intramolecular Hbond substituents is 1. The molecule has 3 rings (SSSR count). The van der Waals surface area contributed by atoms with Crippen LogP contribution in [0, 0.1) is 13.8 Å². The van der Waals surface area contributed by atoms with Crippen LogP contribution in [0.3, 0.4) is 0 Å². The molecular formula is C20H21N3O6S2. The summed E-state index contributed by atoms with van der Waals surface area (Å²) in [4.78, 5) is 44.7. The minimum Gasteiger partial charge on any atom is -0.506 e. The second kappa shape index (κ2) is 9.94. The van der Waals surface area contributed by atoms with Gasteiger partial charge in [-0.15, -0.1) is 11.3 Å². The number of aryl methyl sites for hydroxylation is 2. The number of thioether (sulfide) groups is 1. The fraction of sp³-hybridized carbons (Fsp3) is 0.300. The first-order valence-electron chi connectivity index (χ1n) is 9.22. The van der Waals surface area contributed by atoms with Crippen LogP contribution >= 0.6 is 23.1 Å². The average Bonchev–Trinajstić information content (AvgIpc) is 3.06. The molecule has 3 N–H and O–H groups in total. The third kappa shape index (κ3) is 5.43. The number of hydrogen-bond donors (Lipinski definition) is 3. The number of methoxy groups -OCH3 is 1. The molecule has 1 amide bonds. The highest BCUT2D eigenvalue weighted by molar-refractivity contribution is 7.99.